The van der Waals surface area contributed by atoms with Crippen LogP contribution in [0.1, 0.15) is 4.88 Å². The Kier molecular flexibility index (Phi) is 3.46. The van der Waals surface area contributed by atoms with Gasteiger partial charge in [-0.1, -0.05) is 11.6 Å². The summed E-state index contributed by atoms with van der Waals surface area (Å²) in [7, 11) is 0. The molecule has 4 heteroatoms. The van der Waals surface area contributed by atoms with Gasteiger partial charge in [0.25, 0.3) is 0 Å². The zero-order chi connectivity index (χ0) is 9.26. The topological polar surface area (TPSA) is 0 Å². The summed E-state index contributed by atoms with van der Waals surface area (Å²) >= 11 is 15.7. The van der Waals surface area contributed by atoms with Gasteiger partial charge in [0.2, 0.25) is 0 Å². The van der Waals surface area contributed by atoms with E-state index in [0.29, 0.717) is 11.3 Å². The number of rotatable bonds is 2. The summed E-state index contributed by atoms with van der Waals surface area (Å²) in [6, 6.07) is 4.08. The van der Waals surface area contributed by atoms with Crippen molar-refractivity contribution in [2.24, 2.45) is 5.92 Å². The Balaban J connectivity index is 1.97. The van der Waals surface area contributed by atoms with Gasteiger partial charge in [-0.15, -0.1) is 22.9 Å². The Morgan fingerprint density at radius 1 is 1.38 bits per heavy atom. The van der Waals surface area contributed by atoms with Gasteiger partial charge >= 0.3 is 0 Å². The lowest BCUT2D eigenvalue weighted by atomic mass is 10.0. The molecule has 2 heterocycles. The van der Waals surface area contributed by atoms with Crippen molar-refractivity contribution >= 4 is 46.3 Å². The quantitative estimate of drug-likeness (QED) is 0.720. The lowest BCUT2D eigenvalue weighted by Gasteiger charge is -2.10. The van der Waals surface area contributed by atoms with Crippen LogP contribution in [0, 0.1) is 5.92 Å². The maximum Gasteiger partial charge on any atom is 0.0931 e. The Morgan fingerprint density at radius 3 is 2.77 bits per heavy atom. The highest BCUT2D eigenvalue weighted by Crippen LogP contribution is 2.33. The van der Waals surface area contributed by atoms with E-state index >= 15 is 0 Å². The van der Waals surface area contributed by atoms with Crippen LogP contribution in [0.4, 0.5) is 0 Å². The van der Waals surface area contributed by atoms with Crippen LogP contribution in [0.2, 0.25) is 4.34 Å². The molecule has 72 valence electrons. The Labute approximate surface area is 96.6 Å². The van der Waals surface area contributed by atoms with Crippen molar-refractivity contribution in [1.82, 2.24) is 0 Å². The fourth-order valence-corrected chi connectivity index (χ4v) is 4.50. The molecule has 2 unspecified atom stereocenters. The van der Waals surface area contributed by atoms with Crippen LogP contribution in [0.3, 0.4) is 0 Å². The summed E-state index contributed by atoms with van der Waals surface area (Å²) in [5.41, 5.74) is 0. The second-order valence-electron chi connectivity index (χ2n) is 3.22. The first kappa shape index (κ1) is 10.2. The smallest absolute Gasteiger partial charge is 0.0931 e. The minimum atomic E-state index is 0.353. The molecule has 1 aliphatic heterocycles. The lowest BCUT2D eigenvalue weighted by molar-refractivity contribution is 0.609. The molecule has 2 atom stereocenters. The molecule has 0 aliphatic carbocycles. The minimum absolute atomic E-state index is 0.353. The van der Waals surface area contributed by atoms with E-state index < -0.39 is 0 Å². The Hall–Kier alpha value is 0.630. The van der Waals surface area contributed by atoms with Gasteiger partial charge in [-0.05, 0) is 30.2 Å². The lowest BCUT2D eigenvalue weighted by Crippen LogP contribution is -2.13. The van der Waals surface area contributed by atoms with E-state index in [9.17, 15) is 0 Å². The maximum absolute atomic E-state index is 6.19. The molecule has 0 bridgehead atoms. The number of thiophene rings is 1. The van der Waals surface area contributed by atoms with Crippen LogP contribution in [0.25, 0.3) is 0 Å². The zero-order valence-corrected chi connectivity index (χ0v) is 10.1. The fourth-order valence-electron chi connectivity index (χ4n) is 1.48. The summed E-state index contributed by atoms with van der Waals surface area (Å²) in [5, 5.41) is 0.353. The third-order valence-corrected chi connectivity index (χ3v) is 5.42. The average molecular weight is 253 g/mol. The number of thioether (sulfide) groups is 1. The molecular formula is C9H10Cl2S2. The van der Waals surface area contributed by atoms with Crippen LogP contribution in [0.5, 0.6) is 0 Å². The first-order valence-electron chi connectivity index (χ1n) is 4.22. The molecule has 1 aromatic heterocycles. The molecule has 0 saturated carbocycles. The highest BCUT2D eigenvalue weighted by molar-refractivity contribution is 7.99. The molecule has 1 fully saturated rings. The van der Waals surface area contributed by atoms with Crippen molar-refractivity contribution < 1.29 is 0 Å². The summed E-state index contributed by atoms with van der Waals surface area (Å²) in [4.78, 5) is 1.36. The molecule has 1 aromatic rings. The summed E-state index contributed by atoms with van der Waals surface area (Å²) in [5.74, 6) is 2.94. The van der Waals surface area contributed by atoms with Gasteiger partial charge in [-0.25, -0.2) is 0 Å². The molecular weight excluding hydrogens is 243 g/mol. The second kappa shape index (κ2) is 4.43. The molecule has 13 heavy (non-hydrogen) atoms. The first-order valence-corrected chi connectivity index (χ1v) is 7.00. The predicted octanol–water partition coefficient (Wildman–Crippen LogP) is 3.91. The van der Waals surface area contributed by atoms with E-state index in [1.165, 1.54) is 10.6 Å². The maximum atomic E-state index is 6.19. The standard InChI is InChI=1S/C9H10Cl2S2/c10-8-5-12-4-6(8)3-7-1-2-9(11)13-7/h1-2,6,8H,3-5H2. The van der Waals surface area contributed by atoms with Gasteiger partial charge in [0.1, 0.15) is 0 Å². The van der Waals surface area contributed by atoms with Crippen LogP contribution in [0.15, 0.2) is 12.1 Å². The SMILES string of the molecule is Clc1ccc(CC2CSCC2Cl)s1. The predicted molar refractivity (Wildman–Crippen MR) is 63.5 cm³/mol. The molecule has 0 radical (unpaired) electrons. The van der Waals surface area contributed by atoms with E-state index in [4.69, 9.17) is 23.2 Å². The second-order valence-corrected chi connectivity index (χ2v) is 6.66. The molecule has 2 rings (SSSR count). The monoisotopic (exact) mass is 252 g/mol. The van der Waals surface area contributed by atoms with Crippen LogP contribution < -0.4 is 0 Å². The summed E-state index contributed by atoms with van der Waals surface area (Å²) in [6.45, 7) is 0. The fraction of sp³-hybridized carbons (Fsp3) is 0.556. The molecule has 1 saturated heterocycles. The highest BCUT2D eigenvalue weighted by Gasteiger charge is 2.26. The van der Waals surface area contributed by atoms with Crippen molar-refractivity contribution in [3.05, 3.63) is 21.3 Å². The van der Waals surface area contributed by atoms with Gasteiger partial charge in [0.05, 0.1) is 4.34 Å². The molecule has 0 N–H and O–H groups in total. The van der Waals surface area contributed by atoms with Gasteiger partial charge < -0.3 is 0 Å². The molecule has 0 nitrogen and oxygen atoms in total. The van der Waals surface area contributed by atoms with E-state index in [1.807, 2.05) is 17.8 Å². The van der Waals surface area contributed by atoms with Crippen LogP contribution in [-0.4, -0.2) is 16.9 Å². The normalized spacial score (nSPS) is 28.2. The van der Waals surface area contributed by atoms with Gasteiger partial charge in [-0.3, -0.25) is 0 Å². The minimum Gasteiger partial charge on any atom is -0.160 e. The molecule has 1 aliphatic rings. The Morgan fingerprint density at radius 2 is 2.23 bits per heavy atom. The van der Waals surface area contributed by atoms with E-state index in [0.717, 1.165) is 16.5 Å². The number of hydrogen-bond acceptors (Lipinski definition) is 2. The number of hydrogen-bond donors (Lipinski definition) is 0. The van der Waals surface area contributed by atoms with Gasteiger partial charge in [-0.2, -0.15) is 11.8 Å². The van der Waals surface area contributed by atoms with E-state index in [2.05, 4.69) is 6.07 Å². The van der Waals surface area contributed by atoms with Crippen molar-refractivity contribution in [2.45, 2.75) is 11.8 Å². The van der Waals surface area contributed by atoms with Crippen molar-refractivity contribution in [2.75, 3.05) is 11.5 Å². The third kappa shape index (κ3) is 2.56. The van der Waals surface area contributed by atoms with Crippen molar-refractivity contribution in [1.29, 1.82) is 0 Å². The van der Waals surface area contributed by atoms with Gasteiger partial charge in [0, 0.05) is 16.0 Å². The van der Waals surface area contributed by atoms with E-state index in [-0.39, 0.29) is 0 Å². The van der Waals surface area contributed by atoms with Crippen molar-refractivity contribution in [3.8, 4) is 0 Å². The molecule has 0 aromatic carbocycles. The van der Waals surface area contributed by atoms with Gasteiger partial charge in [0.15, 0.2) is 0 Å². The van der Waals surface area contributed by atoms with E-state index in [1.54, 1.807) is 11.3 Å². The zero-order valence-electron chi connectivity index (χ0n) is 7.00. The molecule has 0 spiro atoms. The summed E-state index contributed by atoms with van der Waals surface area (Å²) < 4.78 is 0.881. The Bertz CT molecular complexity index is 285. The average Bonchev–Trinajstić information content (AvgIpc) is 2.64. The van der Waals surface area contributed by atoms with Crippen LogP contribution >= 0.6 is 46.3 Å². The first-order chi connectivity index (χ1) is 6.25. The largest absolute Gasteiger partial charge is 0.160 e. The molecule has 0 amide bonds. The number of alkyl halides is 1. The highest BCUT2D eigenvalue weighted by atomic mass is 35.5. The number of halogens is 2. The van der Waals surface area contributed by atoms with Crippen LogP contribution in [-0.2, 0) is 6.42 Å². The van der Waals surface area contributed by atoms with Crippen molar-refractivity contribution in [3.63, 3.8) is 0 Å². The third-order valence-electron chi connectivity index (χ3n) is 2.21. The summed E-state index contributed by atoms with van der Waals surface area (Å²) in [6.07, 6.45) is 1.10.